The van der Waals surface area contributed by atoms with E-state index in [-0.39, 0.29) is 33.3 Å². The summed E-state index contributed by atoms with van der Waals surface area (Å²) in [4.78, 5) is 21.4. The van der Waals surface area contributed by atoms with Crippen molar-refractivity contribution in [2.75, 3.05) is 11.9 Å². The van der Waals surface area contributed by atoms with E-state index in [1.165, 1.54) is 12.3 Å². The first kappa shape index (κ1) is 27.7. The lowest BCUT2D eigenvalue weighted by Crippen LogP contribution is -2.29. The van der Waals surface area contributed by atoms with Gasteiger partial charge in [0, 0.05) is 18.3 Å². The highest BCUT2D eigenvalue weighted by atomic mass is 35.5. The van der Waals surface area contributed by atoms with E-state index in [0.29, 0.717) is 29.8 Å². The minimum atomic E-state index is -4.32. The number of rotatable bonds is 8. The lowest BCUT2D eigenvalue weighted by molar-refractivity contribution is -0.125. The number of hydrogen-bond acceptors (Lipinski definition) is 7. The highest BCUT2D eigenvalue weighted by Gasteiger charge is 2.44. The summed E-state index contributed by atoms with van der Waals surface area (Å²) in [5, 5.41) is 3.07. The Bertz CT molecular complexity index is 1570. The summed E-state index contributed by atoms with van der Waals surface area (Å²) in [6.07, 6.45) is 2.39. The van der Waals surface area contributed by atoms with Crippen LogP contribution in [-0.4, -0.2) is 36.3 Å². The normalized spacial score (nSPS) is 15.1. The van der Waals surface area contributed by atoms with E-state index < -0.39 is 37.7 Å². The fourth-order valence-electron chi connectivity index (χ4n) is 4.12. The van der Waals surface area contributed by atoms with Crippen molar-refractivity contribution in [2.24, 2.45) is 0 Å². The number of ether oxygens (including phenoxy) is 1. The van der Waals surface area contributed by atoms with E-state index in [2.05, 4.69) is 15.3 Å². The quantitative estimate of drug-likeness (QED) is 0.373. The van der Waals surface area contributed by atoms with Crippen LogP contribution >= 0.6 is 11.6 Å². The van der Waals surface area contributed by atoms with Crippen LogP contribution < -0.4 is 5.32 Å². The van der Waals surface area contributed by atoms with Crippen LogP contribution in [0.5, 0.6) is 0 Å². The van der Waals surface area contributed by atoms with Crippen LogP contribution in [0, 0.1) is 18.6 Å². The number of aromatic nitrogens is 2. The molecule has 2 aromatic carbocycles. The Hall–Kier alpha value is -3.37. The lowest BCUT2D eigenvalue weighted by atomic mass is 9.91. The van der Waals surface area contributed by atoms with Crippen LogP contribution in [0.3, 0.4) is 0 Å². The lowest BCUT2D eigenvalue weighted by Gasteiger charge is -2.17. The number of nitrogens with zero attached hydrogens (tertiary/aromatic N) is 2. The van der Waals surface area contributed by atoms with Gasteiger partial charge >= 0.3 is 0 Å². The third-order valence-electron chi connectivity index (χ3n) is 5.91. The summed E-state index contributed by atoms with van der Waals surface area (Å²) in [6.45, 7) is 7.58. The van der Waals surface area contributed by atoms with Crippen molar-refractivity contribution in [1.29, 1.82) is 0 Å². The van der Waals surface area contributed by atoms with E-state index >= 15 is 0 Å². The molecule has 1 aromatic heterocycles. The van der Waals surface area contributed by atoms with Crippen molar-refractivity contribution in [3.05, 3.63) is 81.6 Å². The number of hydrogen-bond donors (Lipinski definition) is 1. The van der Waals surface area contributed by atoms with Gasteiger partial charge in [0.2, 0.25) is 11.7 Å². The molecule has 0 fully saturated rings. The number of benzene rings is 2. The maximum atomic E-state index is 14.3. The molecule has 38 heavy (non-hydrogen) atoms. The Morgan fingerprint density at radius 1 is 1.13 bits per heavy atom. The molecule has 0 saturated carbocycles. The fourth-order valence-corrected chi connectivity index (χ4v) is 5.92. The van der Waals surface area contributed by atoms with Gasteiger partial charge in [-0.05, 0) is 63.1 Å². The van der Waals surface area contributed by atoms with Crippen molar-refractivity contribution in [3.63, 3.8) is 0 Å². The van der Waals surface area contributed by atoms with E-state index in [1.54, 1.807) is 32.9 Å². The van der Waals surface area contributed by atoms with Crippen molar-refractivity contribution in [1.82, 2.24) is 9.97 Å². The molecule has 1 aliphatic rings. The molecule has 0 amide bonds. The Balaban J connectivity index is 1.85. The van der Waals surface area contributed by atoms with Gasteiger partial charge in [0.1, 0.15) is 22.2 Å². The molecule has 0 atom stereocenters. The second-order valence-electron chi connectivity index (χ2n) is 9.46. The maximum Gasteiger partial charge on any atom is 0.223 e. The number of anilines is 1. The number of ketones is 1. The minimum absolute atomic E-state index is 0.0171. The first-order valence-electron chi connectivity index (χ1n) is 11.9. The van der Waals surface area contributed by atoms with Gasteiger partial charge in [-0.25, -0.2) is 27.2 Å². The van der Waals surface area contributed by atoms with Gasteiger partial charge < -0.3 is 10.1 Å². The van der Waals surface area contributed by atoms with E-state index in [4.69, 9.17) is 16.3 Å². The van der Waals surface area contributed by atoms with Crippen molar-refractivity contribution >= 4 is 44.5 Å². The van der Waals surface area contributed by atoms with E-state index in [0.717, 1.165) is 18.6 Å². The van der Waals surface area contributed by atoms with Crippen LogP contribution in [0.1, 0.15) is 49.6 Å². The van der Waals surface area contributed by atoms with Crippen LogP contribution in [0.2, 0.25) is 5.02 Å². The molecule has 11 heteroatoms. The number of halogens is 3. The largest absolute Gasteiger partial charge is 0.477 e. The number of carbonyl (C=O) groups is 1. The first-order chi connectivity index (χ1) is 17.8. The minimum Gasteiger partial charge on any atom is -0.477 e. The molecule has 7 nitrogen and oxygen atoms in total. The van der Waals surface area contributed by atoms with Gasteiger partial charge in [-0.15, -0.1) is 0 Å². The zero-order valence-corrected chi connectivity index (χ0v) is 22.8. The predicted octanol–water partition coefficient (Wildman–Crippen LogP) is 5.76. The number of carbonyl (C=O) groups excluding carboxylic acids is 1. The van der Waals surface area contributed by atoms with Crippen molar-refractivity contribution in [3.8, 4) is 0 Å². The molecule has 2 heterocycles. The summed E-state index contributed by atoms with van der Waals surface area (Å²) in [6, 6.07) is 7.00. The monoisotopic (exact) mass is 561 g/mol. The number of sulfone groups is 1. The Labute approximate surface area is 224 Å². The highest BCUT2D eigenvalue weighted by molar-refractivity contribution is 7.90. The second kappa shape index (κ2) is 10.4. The summed E-state index contributed by atoms with van der Waals surface area (Å²) < 4.78 is 60.2. The average Bonchev–Trinajstić information content (AvgIpc) is 3.10. The molecule has 0 saturated heterocycles. The van der Waals surface area contributed by atoms with Crippen LogP contribution in [0.25, 0.3) is 11.3 Å². The average molecular weight is 562 g/mol. The summed E-state index contributed by atoms with van der Waals surface area (Å²) in [5.41, 5.74) is 0.232. The Morgan fingerprint density at radius 2 is 1.87 bits per heavy atom. The summed E-state index contributed by atoms with van der Waals surface area (Å²) >= 11 is 6.72. The number of nitrogens with one attached hydrogen (secondary N) is 1. The van der Waals surface area contributed by atoms with Gasteiger partial charge in [-0.1, -0.05) is 30.2 Å². The van der Waals surface area contributed by atoms with Crippen molar-refractivity contribution in [2.45, 2.75) is 50.4 Å². The molecule has 200 valence electrons. The molecule has 4 rings (SSSR count). The molecule has 1 aliphatic heterocycles. The van der Waals surface area contributed by atoms with Gasteiger partial charge in [0.15, 0.2) is 21.2 Å². The maximum absolute atomic E-state index is 14.3. The highest BCUT2D eigenvalue weighted by Crippen LogP contribution is 2.44. The first-order valence-corrected chi connectivity index (χ1v) is 13.9. The zero-order chi connectivity index (χ0) is 27.8. The third-order valence-corrected chi connectivity index (χ3v) is 8.04. The van der Waals surface area contributed by atoms with Gasteiger partial charge in [0.25, 0.3) is 0 Å². The molecule has 0 bridgehead atoms. The zero-order valence-electron chi connectivity index (χ0n) is 21.2. The molecular formula is C27H26ClF2N3O4S. The predicted molar refractivity (Wildman–Crippen MR) is 141 cm³/mol. The molecular weight excluding hydrogens is 536 g/mol. The number of aryl methyl sites for hydroxylation is 1. The van der Waals surface area contributed by atoms with Gasteiger partial charge in [0.05, 0.1) is 16.3 Å². The fraction of sp³-hybridized carbons (Fsp3) is 0.296. The summed E-state index contributed by atoms with van der Waals surface area (Å²) in [7, 11) is -4.32. The van der Waals surface area contributed by atoms with Gasteiger partial charge in [-0.3, -0.25) is 4.79 Å². The molecule has 0 unspecified atom stereocenters. The second-order valence-corrected chi connectivity index (χ2v) is 11.8. The number of Topliss-reactive ketones (excluding diaryl/α,β-unsaturated/α-hetero) is 1. The third kappa shape index (κ3) is 5.42. The molecule has 0 spiro atoms. The molecule has 0 radical (unpaired) electrons. The smallest absolute Gasteiger partial charge is 0.223 e. The van der Waals surface area contributed by atoms with Gasteiger partial charge in [-0.2, -0.15) is 0 Å². The Morgan fingerprint density at radius 3 is 2.58 bits per heavy atom. The SMILES string of the molecule is CCCNc1nccc(C2=C(c3cc(C)cc(CS(=O)(=O)c4cc(F)ccc4F)c3Cl)C(=O)C(C)(C)O2)n1. The molecule has 0 aliphatic carbocycles. The van der Waals surface area contributed by atoms with Crippen LogP contribution in [0.4, 0.5) is 14.7 Å². The molecule has 3 aromatic rings. The van der Waals surface area contributed by atoms with E-state index in [9.17, 15) is 22.0 Å². The van der Waals surface area contributed by atoms with E-state index in [1.807, 2.05) is 6.92 Å². The standard InChI is InChI=1S/C27H26ClF2N3O4S/c1-5-9-31-26-32-10-8-20(33-26)24-22(25(34)27(3,4)37-24)18-12-15(2)11-16(23(18)28)14-38(35,36)21-13-17(29)6-7-19(21)30/h6-8,10-13H,5,9,14H2,1-4H3,(H,31,32,33). The van der Waals surface area contributed by atoms with Crippen molar-refractivity contribution < 1.29 is 26.7 Å². The Kier molecular flexibility index (Phi) is 7.58. The van der Waals surface area contributed by atoms with Crippen LogP contribution in [-0.2, 0) is 25.1 Å². The topological polar surface area (TPSA) is 98.2 Å². The van der Waals surface area contributed by atoms with Crippen LogP contribution in [0.15, 0.2) is 47.5 Å². The summed E-state index contributed by atoms with van der Waals surface area (Å²) in [5.74, 6) is -2.50. The molecule has 1 N–H and O–H groups in total.